The second kappa shape index (κ2) is 9.05. The van der Waals surface area contributed by atoms with Gasteiger partial charge < -0.3 is 19.3 Å². The maximum Gasteiger partial charge on any atom is 0.332 e. The molecule has 1 aliphatic carbocycles. The van der Waals surface area contributed by atoms with Crippen LogP contribution in [-0.4, -0.2) is 47.1 Å². The molecule has 2 saturated heterocycles. The summed E-state index contributed by atoms with van der Waals surface area (Å²) >= 11 is 5.94. The van der Waals surface area contributed by atoms with E-state index in [0.717, 1.165) is 18.4 Å². The number of hydrogen-bond acceptors (Lipinski definition) is 6. The van der Waals surface area contributed by atoms with E-state index in [1.165, 1.54) is 6.08 Å². The van der Waals surface area contributed by atoms with Crippen LogP contribution in [0, 0.1) is 23.7 Å². The molecular formula is C26H33ClO6. The van der Waals surface area contributed by atoms with Gasteiger partial charge in [-0.1, -0.05) is 44.5 Å². The van der Waals surface area contributed by atoms with Crippen LogP contribution in [0.2, 0.25) is 5.02 Å². The van der Waals surface area contributed by atoms with E-state index in [9.17, 15) is 14.7 Å². The number of rotatable bonds is 6. The van der Waals surface area contributed by atoms with Crippen molar-refractivity contribution in [3.63, 3.8) is 0 Å². The van der Waals surface area contributed by atoms with Gasteiger partial charge in [-0.3, -0.25) is 0 Å². The SMILES string of the molecule is CC(C)[C@]12CC(OC(=O)CO)[C@](C)(O1)C1CC[C@@H](C)C1[C@@H]2OC(=O)/C=C/c1ccc(Cl)cc1. The van der Waals surface area contributed by atoms with E-state index in [1.54, 1.807) is 18.2 Å². The maximum atomic E-state index is 13.0. The molecule has 180 valence electrons. The molecule has 1 aromatic rings. The number of carbonyl (C=O) groups is 2. The lowest BCUT2D eigenvalue weighted by molar-refractivity contribution is -0.264. The van der Waals surface area contributed by atoms with Crippen molar-refractivity contribution in [3.05, 3.63) is 40.9 Å². The summed E-state index contributed by atoms with van der Waals surface area (Å²) in [6.45, 7) is 7.66. The minimum atomic E-state index is -0.765. The number of aliphatic hydroxyl groups excluding tert-OH is 1. The fraction of sp³-hybridized carbons (Fsp3) is 0.615. The number of esters is 2. The summed E-state index contributed by atoms with van der Waals surface area (Å²) in [6.07, 6.45) is 4.56. The first-order chi connectivity index (χ1) is 15.6. The van der Waals surface area contributed by atoms with Gasteiger partial charge >= 0.3 is 11.9 Å². The summed E-state index contributed by atoms with van der Waals surface area (Å²) < 4.78 is 18.6. The van der Waals surface area contributed by atoms with Crippen molar-refractivity contribution in [2.45, 2.75) is 70.4 Å². The molecule has 7 atom stereocenters. The first-order valence-corrected chi connectivity index (χ1v) is 12.1. The predicted molar refractivity (Wildman–Crippen MR) is 124 cm³/mol. The van der Waals surface area contributed by atoms with Crippen LogP contribution in [0.1, 0.15) is 52.5 Å². The number of fused-ring (bicyclic) bond motifs is 4. The van der Waals surface area contributed by atoms with Gasteiger partial charge in [0.2, 0.25) is 0 Å². The van der Waals surface area contributed by atoms with Crippen molar-refractivity contribution in [1.29, 1.82) is 0 Å². The highest BCUT2D eigenvalue weighted by Crippen LogP contribution is 2.63. The lowest BCUT2D eigenvalue weighted by Crippen LogP contribution is -2.62. The van der Waals surface area contributed by atoms with Gasteiger partial charge in [0.25, 0.3) is 0 Å². The van der Waals surface area contributed by atoms with Crippen molar-refractivity contribution in [2.24, 2.45) is 23.7 Å². The smallest absolute Gasteiger partial charge is 0.332 e. The molecule has 3 fully saturated rings. The largest absolute Gasteiger partial charge is 0.457 e. The Bertz CT molecular complexity index is 927. The number of aliphatic hydroxyl groups is 1. The van der Waals surface area contributed by atoms with E-state index in [2.05, 4.69) is 20.8 Å². The Morgan fingerprint density at radius 2 is 1.94 bits per heavy atom. The highest BCUT2D eigenvalue weighted by molar-refractivity contribution is 6.30. The van der Waals surface area contributed by atoms with Crippen molar-refractivity contribution in [2.75, 3.05) is 6.61 Å². The van der Waals surface area contributed by atoms with Gasteiger partial charge in [0.15, 0.2) is 0 Å². The molecule has 6 nitrogen and oxygen atoms in total. The fourth-order valence-electron chi connectivity index (χ4n) is 6.34. The van der Waals surface area contributed by atoms with Crippen LogP contribution >= 0.6 is 11.6 Å². The van der Waals surface area contributed by atoms with Crippen LogP contribution in [0.4, 0.5) is 0 Å². The van der Waals surface area contributed by atoms with Crippen LogP contribution < -0.4 is 0 Å². The van der Waals surface area contributed by atoms with Crippen LogP contribution in [0.5, 0.6) is 0 Å². The molecule has 2 aliphatic heterocycles. The van der Waals surface area contributed by atoms with Crippen LogP contribution in [0.25, 0.3) is 6.08 Å². The quantitative estimate of drug-likeness (QED) is 0.483. The van der Waals surface area contributed by atoms with Crippen molar-refractivity contribution >= 4 is 29.6 Å². The molecular weight excluding hydrogens is 444 g/mol. The summed E-state index contributed by atoms with van der Waals surface area (Å²) in [6, 6.07) is 7.21. The predicted octanol–water partition coefficient (Wildman–Crippen LogP) is 4.42. The normalized spacial score (nSPS) is 37.4. The third kappa shape index (κ3) is 4.22. The van der Waals surface area contributed by atoms with E-state index in [0.29, 0.717) is 17.4 Å². The molecule has 0 aromatic heterocycles. The van der Waals surface area contributed by atoms with Crippen molar-refractivity contribution < 1.29 is 28.9 Å². The Morgan fingerprint density at radius 1 is 1.24 bits per heavy atom. The first-order valence-electron chi connectivity index (χ1n) is 11.8. The number of hydrogen-bond donors (Lipinski definition) is 1. The van der Waals surface area contributed by atoms with E-state index in [1.807, 2.05) is 19.1 Å². The lowest BCUT2D eigenvalue weighted by atomic mass is 9.69. The molecule has 0 spiro atoms. The van der Waals surface area contributed by atoms with E-state index in [4.69, 9.17) is 25.8 Å². The molecule has 1 N–H and O–H groups in total. The standard InChI is InChI=1S/C26H33ClO6/c1-15(2)26-13-20(31-22(30)14-28)25(4,33-26)19-11-5-16(3)23(19)24(26)32-21(29)12-8-17-6-9-18(27)10-7-17/h6-10,12,15-16,19-20,23-24,28H,5,11,13-14H2,1-4H3/b12-8+/t16-,19?,20?,23?,24+,25-,26+/m1/s1. The zero-order valence-corrected chi connectivity index (χ0v) is 20.4. The van der Waals surface area contributed by atoms with Gasteiger partial charge in [0, 0.05) is 23.4 Å². The third-order valence-electron chi connectivity index (χ3n) is 8.08. The molecule has 2 bridgehead atoms. The summed E-state index contributed by atoms with van der Waals surface area (Å²) in [5.41, 5.74) is -0.586. The topological polar surface area (TPSA) is 82.1 Å². The van der Waals surface area contributed by atoms with Gasteiger partial charge in [-0.25, -0.2) is 9.59 Å². The van der Waals surface area contributed by atoms with Gasteiger partial charge in [-0.15, -0.1) is 0 Å². The number of halogens is 1. The Morgan fingerprint density at radius 3 is 2.58 bits per heavy atom. The average molecular weight is 477 g/mol. The summed E-state index contributed by atoms with van der Waals surface area (Å²) in [7, 11) is 0. The Labute approximate surface area is 200 Å². The fourth-order valence-corrected chi connectivity index (χ4v) is 6.47. The molecule has 3 aliphatic rings. The molecule has 1 saturated carbocycles. The van der Waals surface area contributed by atoms with E-state index >= 15 is 0 Å². The van der Waals surface area contributed by atoms with Gasteiger partial charge in [0.1, 0.15) is 30.0 Å². The third-order valence-corrected chi connectivity index (χ3v) is 8.33. The molecule has 1 aromatic carbocycles. The molecule has 0 amide bonds. The van der Waals surface area contributed by atoms with Crippen molar-refractivity contribution in [3.8, 4) is 0 Å². The molecule has 3 unspecified atom stereocenters. The number of ether oxygens (including phenoxy) is 3. The maximum absolute atomic E-state index is 13.0. The summed E-state index contributed by atoms with van der Waals surface area (Å²) in [5, 5.41) is 9.90. The lowest BCUT2D eigenvalue weighted by Gasteiger charge is -2.52. The number of benzene rings is 1. The monoisotopic (exact) mass is 476 g/mol. The second-order valence-electron chi connectivity index (χ2n) is 10.2. The Balaban J connectivity index is 1.64. The van der Waals surface area contributed by atoms with Crippen LogP contribution in [0.15, 0.2) is 30.3 Å². The minimum Gasteiger partial charge on any atom is -0.457 e. The molecule has 7 heteroatoms. The van der Waals surface area contributed by atoms with Gasteiger partial charge in [-0.05, 0) is 61.3 Å². The average Bonchev–Trinajstić information content (AvgIpc) is 3.29. The second-order valence-corrected chi connectivity index (χ2v) is 10.7. The van der Waals surface area contributed by atoms with Gasteiger partial charge in [0.05, 0.1) is 0 Å². The Hall–Kier alpha value is -1.89. The van der Waals surface area contributed by atoms with Crippen LogP contribution in [-0.2, 0) is 23.8 Å². The zero-order valence-electron chi connectivity index (χ0n) is 19.6. The summed E-state index contributed by atoms with van der Waals surface area (Å²) in [5.74, 6) is -0.495. The Kier molecular flexibility index (Phi) is 6.64. The number of carbonyl (C=O) groups excluding carboxylic acids is 2. The minimum absolute atomic E-state index is 0.0291. The van der Waals surface area contributed by atoms with Gasteiger partial charge in [-0.2, -0.15) is 0 Å². The summed E-state index contributed by atoms with van der Waals surface area (Å²) in [4.78, 5) is 25.0. The molecule has 4 rings (SSSR count). The van der Waals surface area contributed by atoms with E-state index < -0.39 is 42.0 Å². The van der Waals surface area contributed by atoms with Crippen LogP contribution in [0.3, 0.4) is 0 Å². The molecule has 2 heterocycles. The zero-order chi connectivity index (χ0) is 24.0. The molecule has 0 radical (unpaired) electrons. The van der Waals surface area contributed by atoms with E-state index in [-0.39, 0.29) is 17.8 Å². The highest BCUT2D eigenvalue weighted by atomic mass is 35.5. The van der Waals surface area contributed by atoms with Crippen molar-refractivity contribution in [1.82, 2.24) is 0 Å². The highest BCUT2D eigenvalue weighted by Gasteiger charge is 2.72. The first kappa shape index (κ1) is 24.2. The molecule has 33 heavy (non-hydrogen) atoms.